The van der Waals surface area contributed by atoms with Crippen LogP contribution in [0.4, 0.5) is 0 Å². The van der Waals surface area contributed by atoms with Crippen LogP contribution in [-0.2, 0) is 11.3 Å². The summed E-state index contributed by atoms with van der Waals surface area (Å²) in [5.41, 5.74) is 8.71. The second kappa shape index (κ2) is 6.54. The van der Waals surface area contributed by atoms with Gasteiger partial charge < -0.3 is 16.4 Å². The third-order valence-corrected chi connectivity index (χ3v) is 3.40. The fourth-order valence-electron chi connectivity index (χ4n) is 2.00. The lowest BCUT2D eigenvalue weighted by Gasteiger charge is -2.08. The molecule has 1 aromatic carbocycles. The number of carbonyl (C=O) groups excluding carboxylic acids is 1. The predicted octanol–water partition coefficient (Wildman–Crippen LogP) is 0.843. The van der Waals surface area contributed by atoms with E-state index in [0.29, 0.717) is 24.7 Å². The highest BCUT2D eigenvalue weighted by Gasteiger charge is 2.20. The number of nitrogens with one attached hydrogen (secondary N) is 2. The van der Waals surface area contributed by atoms with Crippen molar-refractivity contribution in [1.29, 1.82) is 0 Å². The average molecular weight is 293 g/mol. The van der Waals surface area contributed by atoms with E-state index in [1.165, 1.54) is 0 Å². The molecular formula is C14H17ClN4O. The molecular weight excluding hydrogens is 276 g/mol. The molecule has 2 rings (SSSR count). The molecule has 0 atom stereocenters. The minimum absolute atomic E-state index is 0.226. The SMILES string of the molecule is CN=C1CNC/C1=C(/N)C(=O)NCc1ccc(Cl)cc1. The Kier molecular flexibility index (Phi) is 4.76. The molecule has 1 amide bonds. The molecule has 20 heavy (non-hydrogen) atoms. The summed E-state index contributed by atoms with van der Waals surface area (Å²) in [5.74, 6) is -0.278. The van der Waals surface area contributed by atoms with E-state index in [1.54, 1.807) is 19.2 Å². The lowest BCUT2D eigenvalue weighted by atomic mass is 10.1. The zero-order chi connectivity index (χ0) is 14.5. The standard InChI is InChI=1S/C14H17ClN4O/c1-17-12-8-18-7-11(12)13(16)14(20)19-6-9-2-4-10(15)5-3-9/h2-5,18H,6-8,16H2,1H3,(H,19,20)/b13-11-,17-12?. The van der Waals surface area contributed by atoms with E-state index in [1.807, 2.05) is 12.1 Å². The number of benzene rings is 1. The van der Waals surface area contributed by atoms with E-state index in [0.717, 1.165) is 16.8 Å². The summed E-state index contributed by atoms with van der Waals surface area (Å²) >= 11 is 5.81. The lowest BCUT2D eigenvalue weighted by molar-refractivity contribution is -0.117. The van der Waals surface area contributed by atoms with Crippen molar-refractivity contribution < 1.29 is 4.79 Å². The molecule has 1 heterocycles. The Labute approximate surface area is 122 Å². The summed E-state index contributed by atoms with van der Waals surface area (Å²) in [6.45, 7) is 1.64. The smallest absolute Gasteiger partial charge is 0.267 e. The minimum Gasteiger partial charge on any atom is -0.394 e. The second-order valence-corrected chi connectivity index (χ2v) is 4.91. The zero-order valence-corrected chi connectivity index (χ0v) is 12.0. The third-order valence-electron chi connectivity index (χ3n) is 3.15. The molecule has 1 fully saturated rings. The van der Waals surface area contributed by atoms with Crippen LogP contribution in [0.2, 0.25) is 5.02 Å². The summed E-state index contributed by atoms with van der Waals surface area (Å²) < 4.78 is 0. The Morgan fingerprint density at radius 3 is 2.75 bits per heavy atom. The highest BCUT2D eigenvalue weighted by molar-refractivity contribution is 6.30. The van der Waals surface area contributed by atoms with Crippen molar-refractivity contribution in [2.24, 2.45) is 10.7 Å². The molecule has 0 unspecified atom stereocenters. The normalized spacial score (nSPS) is 19.2. The molecule has 0 bridgehead atoms. The van der Waals surface area contributed by atoms with Gasteiger partial charge >= 0.3 is 0 Å². The Hall–Kier alpha value is -1.85. The van der Waals surface area contributed by atoms with E-state index in [4.69, 9.17) is 17.3 Å². The summed E-state index contributed by atoms with van der Waals surface area (Å²) in [7, 11) is 1.70. The van der Waals surface area contributed by atoms with E-state index in [9.17, 15) is 4.79 Å². The van der Waals surface area contributed by atoms with Gasteiger partial charge in [0, 0.05) is 37.3 Å². The van der Waals surface area contributed by atoms with Gasteiger partial charge in [0.2, 0.25) is 0 Å². The molecule has 0 spiro atoms. The van der Waals surface area contributed by atoms with Gasteiger partial charge in [0.1, 0.15) is 5.70 Å². The first kappa shape index (κ1) is 14.6. The summed E-state index contributed by atoms with van der Waals surface area (Å²) in [6.07, 6.45) is 0. The van der Waals surface area contributed by atoms with Gasteiger partial charge in [-0.3, -0.25) is 9.79 Å². The molecule has 0 aromatic heterocycles. The molecule has 4 N–H and O–H groups in total. The van der Waals surface area contributed by atoms with Crippen LogP contribution >= 0.6 is 11.6 Å². The molecule has 6 heteroatoms. The Bertz CT molecular complexity index is 563. The van der Waals surface area contributed by atoms with Gasteiger partial charge in [-0.2, -0.15) is 0 Å². The fraction of sp³-hybridized carbons (Fsp3) is 0.286. The molecule has 0 aliphatic carbocycles. The van der Waals surface area contributed by atoms with E-state index in [-0.39, 0.29) is 11.6 Å². The maximum absolute atomic E-state index is 12.0. The minimum atomic E-state index is -0.278. The number of hydrogen-bond donors (Lipinski definition) is 3. The Balaban J connectivity index is 2.01. The van der Waals surface area contributed by atoms with Gasteiger partial charge in [-0.25, -0.2) is 0 Å². The van der Waals surface area contributed by atoms with E-state index < -0.39 is 0 Å². The van der Waals surface area contributed by atoms with Crippen molar-refractivity contribution in [2.75, 3.05) is 20.1 Å². The molecule has 106 valence electrons. The molecule has 1 saturated heterocycles. The van der Waals surface area contributed by atoms with Crippen LogP contribution in [0.1, 0.15) is 5.56 Å². The van der Waals surface area contributed by atoms with Crippen LogP contribution in [0.5, 0.6) is 0 Å². The average Bonchev–Trinajstić information content (AvgIpc) is 2.94. The Morgan fingerprint density at radius 2 is 2.10 bits per heavy atom. The molecule has 1 aliphatic rings. The van der Waals surface area contributed by atoms with Crippen LogP contribution in [0.25, 0.3) is 0 Å². The summed E-state index contributed by atoms with van der Waals surface area (Å²) in [6, 6.07) is 7.30. The van der Waals surface area contributed by atoms with Gasteiger partial charge in [-0.05, 0) is 17.7 Å². The van der Waals surface area contributed by atoms with Crippen molar-refractivity contribution in [1.82, 2.24) is 10.6 Å². The van der Waals surface area contributed by atoms with Crippen molar-refractivity contribution in [3.8, 4) is 0 Å². The third kappa shape index (κ3) is 3.37. The predicted molar refractivity (Wildman–Crippen MR) is 80.7 cm³/mol. The number of nitrogens with zero attached hydrogens (tertiary/aromatic N) is 1. The molecule has 0 radical (unpaired) electrons. The number of hydrogen-bond acceptors (Lipinski definition) is 4. The number of halogens is 1. The number of nitrogens with two attached hydrogens (primary N) is 1. The Morgan fingerprint density at radius 1 is 1.40 bits per heavy atom. The van der Waals surface area contributed by atoms with Gasteiger partial charge in [0.15, 0.2) is 0 Å². The van der Waals surface area contributed by atoms with Crippen molar-refractivity contribution in [2.45, 2.75) is 6.54 Å². The lowest BCUT2D eigenvalue weighted by Crippen LogP contribution is -2.30. The maximum Gasteiger partial charge on any atom is 0.267 e. The van der Waals surface area contributed by atoms with Crippen LogP contribution in [0.3, 0.4) is 0 Å². The van der Waals surface area contributed by atoms with E-state index in [2.05, 4.69) is 15.6 Å². The number of rotatable bonds is 3. The number of amides is 1. The van der Waals surface area contributed by atoms with Gasteiger partial charge in [0.05, 0.1) is 5.71 Å². The first-order valence-electron chi connectivity index (χ1n) is 6.30. The molecule has 1 aliphatic heterocycles. The zero-order valence-electron chi connectivity index (χ0n) is 11.2. The van der Waals surface area contributed by atoms with Gasteiger partial charge in [-0.1, -0.05) is 23.7 Å². The van der Waals surface area contributed by atoms with Crippen LogP contribution in [0, 0.1) is 0 Å². The van der Waals surface area contributed by atoms with Crippen molar-refractivity contribution in [3.63, 3.8) is 0 Å². The molecule has 1 aromatic rings. The highest BCUT2D eigenvalue weighted by Crippen LogP contribution is 2.10. The quantitative estimate of drug-likeness (QED) is 0.723. The number of aliphatic imine (C=N–C) groups is 1. The van der Waals surface area contributed by atoms with Crippen LogP contribution < -0.4 is 16.4 Å². The van der Waals surface area contributed by atoms with Gasteiger partial charge in [-0.15, -0.1) is 0 Å². The van der Waals surface area contributed by atoms with Crippen molar-refractivity contribution >= 4 is 23.2 Å². The largest absolute Gasteiger partial charge is 0.394 e. The topological polar surface area (TPSA) is 79.5 Å². The monoisotopic (exact) mass is 292 g/mol. The summed E-state index contributed by atoms with van der Waals surface area (Å²) in [4.78, 5) is 16.2. The van der Waals surface area contributed by atoms with Gasteiger partial charge in [0.25, 0.3) is 5.91 Å². The second-order valence-electron chi connectivity index (χ2n) is 4.48. The first-order valence-corrected chi connectivity index (χ1v) is 6.67. The number of carbonyl (C=O) groups is 1. The molecule has 0 saturated carbocycles. The van der Waals surface area contributed by atoms with E-state index >= 15 is 0 Å². The fourth-order valence-corrected chi connectivity index (χ4v) is 2.12. The maximum atomic E-state index is 12.0. The molecule has 5 nitrogen and oxygen atoms in total. The van der Waals surface area contributed by atoms with Crippen LogP contribution in [-0.4, -0.2) is 31.8 Å². The van der Waals surface area contributed by atoms with Crippen LogP contribution in [0.15, 0.2) is 40.5 Å². The highest BCUT2D eigenvalue weighted by atomic mass is 35.5. The van der Waals surface area contributed by atoms with Crippen molar-refractivity contribution in [3.05, 3.63) is 46.1 Å². The summed E-state index contributed by atoms with van der Waals surface area (Å²) in [5, 5.41) is 6.59. The first-order chi connectivity index (χ1) is 9.61.